The van der Waals surface area contributed by atoms with Gasteiger partial charge in [0.1, 0.15) is 5.76 Å². The van der Waals surface area contributed by atoms with Crippen molar-refractivity contribution in [2.45, 2.75) is 32.1 Å². The Hall–Kier alpha value is -3.07. The van der Waals surface area contributed by atoms with Gasteiger partial charge >= 0.3 is 0 Å². The molecule has 1 saturated heterocycles. The minimum absolute atomic E-state index is 0.360. The lowest BCUT2D eigenvalue weighted by atomic mass is 9.96. The second-order valence-corrected chi connectivity index (χ2v) is 7.18. The van der Waals surface area contributed by atoms with Gasteiger partial charge in [0.15, 0.2) is 23.2 Å². The zero-order chi connectivity index (χ0) is 18.9. The van der Waals surface area contributed by atoms with Crippen LogP contribution in [0.25, 0.3) is 11.5 Å². The molecule has 4 aromatic heterocycles. The van der Waals surface area contributed by atoms with E-state index in [0.717, 1.165) is 67.8 Å². The molecule has 1 fully saturated rings. The predicted octanol–water partition coefficient (Wildman–Crippen LogP) is 2.03. The van der Waals surface area contributed by atoms with E-state index in [9.17, 15) is 0 Å². The quantitative estimate of drug-likeness (QED) is 0.525. The first-order chi connectivity index (χ1) is 13.8. The number of piperidine rings is 1. The number of rotatable bonds is 5. The molecule has 0 atom stereocenters. The Bertz CT molecular complexity index is 1060. The monoisotopic (exact) mass is 378 g/mol. The van der Waals surface area contributed by atoms with Crippen LogP contribution in [0.4, 0.5) is 0 Å². The highest BCUT2D eigenvalue weighted by molar-refractivity contribution is 5.39. The SMILES string of the molecule is Cc1ncc(CCN2CCC(c3nnc4ccc(-n5cccn5)nn34)CC2)o1. The maximum Gasteiger partial charge on any atom is 0.191 e. The van der Waals surface area contributed by atoms with Gasteiger partial charge in [0.25, 0.3) is 0 Å². The molecule has 0 aliphatic carbocycles. The van der Waals surface area contributed by atoms with Gasteiger partial charge in [-0.15, -0.1) is 15.3 Å². The van der Waals surface area contributed by atoms with Crippen LogP contribution in [-0.2, 0) is 6.42 Å². The van der Waals surface area contributed by atoms with Crippen molar-refractivity contribution in [3.63, 3.8) is 0 Å². The van der Waals surface area contributed by atoms with Crippen LogP contribution in [0, 0.1) is 6.92 Å². The van der Waals surface area contributed by atoms with Gasteiger partial charge in [0, 0.05) is 38.2 Å². The van der Waals surface area contributed by atoms with E-state index in [1.165, 1.54) is 0 Å². The molecule has 0 saturated carbocycles. The van der Waals surface area contributed by atoms with Crippen molar-refractivity contribution < 1.29 is 4.42 Å². The third-order valence-corrected chi connectivity index (χ3v) is 5.31. The van der Waals surface area contributed by atoms with E-state index in [4.69, 9.17) is 9.52 Å². The van der Waals surface area contributed by atoms with Crippen molar-refractivity contribution in [1.82, 2.24) is 39.5 Å². The van der Waals surface area contributed by atoms with Gasteiger partial charge in [-0.2, -0.15) is 9.61 Å². The highest BCUT2D eigenvalue weighted by Gasteiger charge is 2.25. The van der Waals surface area contributed by atoms with Gasteiger partial charge in [-0.05, 0) is 44.1 Å². The molecule has 9 heteroatoms. The van der Waals surface area contributed by atoms with Gasteiger partial charge in [0.2, 0.25) is 0 Å². The van der Waals surface area contributed by atoms with Gasteiger partial charge in [-0.1, -0.05) is 0 Å². The van der Waals surface area contributed by atoms with Crippen molar-refractivity contribution in [3.8, 4) is 5.82 Å². The molecule has 1 aliphatic rings. The third-order valence-electron chi connectivity index (χ3n) is 5.31. The van der Waals surface area contributed by atoms with Crippen molar-refractivity contribution in [3.05, 3.63) is 54.3 Å². The first-order valence-electron chi connectivity index (χ1n) is 9.62. The first-order valence-corrected chi connectivity index (χ1v) is 9.62. The summed E-state index contributed by atoms with van der Waals surface area (Å²) in [5.41, 5.74) is 0.772. The Balaban J connectivity index is 1.27. The van der Waals surface area contributed by atoms with Crippen LogP contribution in [0.2, 0.25) is 0 Å². The molecule has 1 aliphatic heterocycles. The van der Waals surface area contributed by atoms with Gasteiger partial charge in [-0.3, -0.25) is 0 Å². The zero-order valence-electron chi connectivity index (χ0n) is 15.8. The summed E-state index contributed by atoms with van der Waals surface area (Å²) in [6.45, 7) is 4.93. The standard InChI is InChI=1S/C19H22N8O/c1-14-20-13-16(28-14)7-12-25-10-5-15(6-11-25)19-23-22-17-3-4-18(24-27(17)19)26-9-2-8-21-26/h2-4,8-9,13,15H,5-7,10-12H2,1H3. The summed E-state index contributed by atoms with van der Waals surface area (Å²) in [6, 6.07) is 5.73. The lowest BCUT2D eigenvalue weighted by Gasteiger charge is -2.30. The largest absolute Gasteiger partial charge is 0.446 e. The van der Waals surface area contributed by atoms with Crippen molar-refractivity contribution in [2.24, 2.45) is 0 Å². The maximum atomic E-state index is 5.57. The molecule has 144 valence electrons. The highest BCUT2D eigenvalue weighted by atomic mass is 16.4. The van der Waals surface area contributed by atoms with Gasteiger partial charge in [0.05, 0.1) is 6.20 Å². The Labute approximate surface area is 162 Å². The molecule has 0 amide bonds. The molecule has 0 aromatic carbocycles. The molecule has 0 radical (unpaired) electrons. The molecule has 0 unspecified atom stereocenters. The Morgan fingerprint density at radius 1 is 1.18 bits per heavy atom. The van der Waals surface area contributed by atoms with E-state index >= 15 is 0 Å². The van der Waals surface area contributed by atoms with Gasteiger partial charge in [-0.25, -0.2) is 9.67 Å². The summed E-state index contributed by atoms with van der Waals surface area (Å²) in [6.07, 6.45) is 8.44. The zero-order valence-corrected chi connectivity index (χ0v) is 15.8. The molecule has 5 rings (SSSR count). The summed E-state index contributed by atoms with van der Waals surface area (Å²) in [5, 5.41) is 17.7. The van der Waals surface area contributed by atoms with E-state index in [-0.39, 0.29) is 0 Å². The molecule has 4 aromatic rings. The molecule has 0 spiro atoms. The number of oxazole rings is 1. The van der Waals surface area contributed by atoms with Gasteiger partial charge < -0.3 is 9.32 Å². The number of aromatic nitrogens is 7. The average Bonchev–Trinajstić information content (AvgIpc) is 3.47. The molecule has 28 heavy (non-hydrogen) atoms. The van der Waals surface area contributed by atoms with Crippen LogP contribution < -0.4 is 0 Å². The van der Waals surface area contributed by atoms with Crippen LogP contribution >= 0.6 is 0 Å². The Morgan fingerprint density at radius 3 is 2.82 bits per heavy atom. The Kier molecular flexibility index (Phi) is 4.36. The molecule has 0 bridgehead atoms. The predicted molar refractivity (Wildman–Crippen MR) is 101 cm³/mol. The lowest BCUT2D eigenvalue weighted by Crippen LogP contribution is -2.35. The fourth-order valence-corrected chi connectivity index (χ4v) is 3.78. The highest BCUT2D eigenvalue weighted by Crippen LogP contribution is 2.27. The van der Waals surface area contributed by atoms with Crippen LogP contribution in [0.1, 0.15) is 36.2 Å². The smallest absolute Gasteiger partial charge is 0.191 e. The number of aryl methyl sites for hydroxylation is 1. The van der Waals surface area contributed by atoms with E-state index in [0.29, 0.717) is 5.92 Å². The number of fused-ring (bicyclic) bond motifs is 1. The van der Waals surface area contributed by atoms with Crippen molar-refractivity contribution in [1.29, 1.82) is 0 Å². The fourth-order valence-electron chi connectivity index (χ4n) is 3.78. The molecule has 0 N–H and O–H groups in total. The molecular formula is C19H22N8O. The summed E-state index contributed by atoms with van der Waals surface area (Å²) < 4.78 is 9.19. The second-order valence-electron chi connectivity index (χ2n) is 7.18. The van der Waals surface area contributed by atoms with Crippen molar-refractivity contribution >= 4 is 5.65 Å². The number of nitrogens with zero attached hydrogens (tertiary/aromatic N) is 8. The van der Waals surface area contributed by atoms with Crippen LogP contribution in [-0.4, -0.2) is 59.1 Å². The fraction of sp³-hybridized carbons (Fsp3) is 0.421. The van der Waals surface area contributed by atoms with E-state index in [1.54, 1.807) is 10.9 Å². The normalized spacial score (nSPS) is 16.2. The molecule has 5 heterocycles. The average molecular weight is 378 g/mol. The first kappa shape index (κ1) is 17.1. The van der Waals surface area contributed by atoms with E-state index in [2.05, 4.69) is 25.2 Å². The molecule has 9 nitrogen and oxygen atoms in total. The van der Waals surface area contributed by atoms with Crippen LogP contribution in [0.3, 0.4) is 0 Å². The number of likely N-dealkylation sites (tertiary alicyclic amines) is 1. The second kappa shape index (κ2) is 7.16. The number of hydrogen-bond acceptors (Lipinski definition) is 7. The summed E-state index contributed by atoms with van der Waals surface area (Å²) >= 11 is 0. The third kappa shape index (κ3) is 3.29. The number of hydrogen-bond donors (Lipinski definition) is 0. The summed E-state index contributed by atoms with van der Waals surface area (Å²) in [4.78, 5) is 6.64. The topological polar surface area (TPSA) is 90.2 Å². The summed E-state index contributed by atoms with van der Waals surface area (Å²) in [7, 11) is 0. The minimum Gasteiger partial charge on any atom is -0.446 e. The van der Waals surface area contributed by atoms with E-state index < -0.39 is 0 Å². The van der Waals surface area contributed by atoms with Crippen LogP contribution in [0.15, 0.2) is 41.2 Å². The molecular weight excluding hydrogens is 356 g/mol. The van der Waals surface area contributed by atoms with Crippen LogP contribution in [0.5, 0.6) is 0 Å². The lowest BCUT2D eigenvalue weighted by molar-refractivity contribution is 0.207. The minimum atomic E-state index is 0.360. The Morgan fingerprint density at radius 2 is 2.07 bits per heavy atom. The summed E-state index contributed by atoms with van der Waals surface area (Å²) in [5.74, 6) is 3.75. The van der Waals surface area contributed by atoms with E-state index in [1.807, 2.05) is 42.0 Å². The van der Waals surface area contributed by atoms with Crippen molar-refractivity contribution in [2.75, 3.05) is 19.6 Å². The maximum absolute atomic E-state index is 5.57.